The minimum Gasteiger partial charge on any atom is -0.331 e. The Balaban J connectivity index is 2.13. The second-order valence-corrected chi connectivity index (χ2v) is 5.82. The summed E-state index contributed by atoms with van der Waals surface area (Å²) in [5, 5.41) is 12.2. The standard InChI is InChI=1S/C14H16Cl2N4S/c1-4-20-9(3)13(8(2)19-20)18-14(21)17-12-6-5-10(15)7-11(12)16/h5-7H,4H2,1-3H3,(H2,17,18,21). The zero-order chi connectivity index (χ0) is 15.6. The molecule has 0 spiro atoms. The van der Waals surface area contributed by atoms with Gasteiger partial charge in [0.1, 0.15) is 0 Å². The number of hydrogen-bond acceptors (Lipinski definition) is 2. The highest BCUT2D eigenvalue weighted by molar-refractivity contribution is 7.80. The van der Waals surface area contributed by atoms with Crippen molar-refractivity contribution in [3.63, 3.8) is 0 Å². The molecule has 0 amide bonds. The van der Waals surface area contributed by atoms with E-state index in [2.05, 4.69) is 15.7 Å². The van der Waals surface area contributed by atoms with Crippen LogP contribution in [-0.4, -0.2) is 14.9 Å². The number of benzene rings is 1. The highest BCUT2D eigenvalue weighted by Gasteiger charge is 2.12. The Bertz CT molecular complexity index is 682. The van der Waals surface area contributed by atoms with Gasteiger partial charge in [-0.3, -0.25) is 4.68 Å². The molecule has 1 aromatic heterocycles. The molecule has 2 rings (SSSR count). The molecular formula is C14H16Cl2N4S. The van der Waals surface area contributed by atoms with Gasteiger partial charge in [0.2, 0.25) is 0 Å². The predicted molar refractivity (Wildman–Crippen MR) is 93.7 cm³/mol. The first kappa shape index (κ1) is 16.1. The van der Waals surface area contributed by atoms with Gasteiger partial charge in [-0.15, -0.1) is 0 Å². The summed E-state index contributed by atoms with van der Waals surface area (Å²) < 4.78 is 1.93. The lowest BCUT2D eigenvalue weighted by Gasteiger charge is -2.12. The Labute approximate surface area is 139 Å². The summed E-state index contributed by atoms with van der Waals surface area (Å²) >= 11 is 17.3. The Morgan fingerprint density at radius 2 is 2.00 bits per heavy atom. The number of anilines is 2. The van der Waals surface area contributed by atoms with Crippen LogP contribution < -0.4 is 10.6 Å². The van der Waals surface area contributed by atoms with Gasteiger partial charge in [0.05, 0.1) is 27.8 Å². The average Bonchev–Trinajstić information content (AvgIpc) is 2.69. The van der Waals surface area contributed by atoms with Crippen LogP contribution in [0.5, 0.6) is 0 Å². The van der Waals surface area contributed by atoms with Crippen molar-refractivity contribution >= 4 is 51.9 Å². The third-order valence-corrected chi connectivity index (χ3v) is 3.85. The van der Waals surface area contributed by atoms with Crippen LogP contribution >= 0.6 is 35.4 Å². The second kappa shape index (κ2) is 6.64. The molecule has 0 aliphatic rings. The summed E-state index contributed by atoms with van der Waals surface area (Å²) in [7, 11) is 0. The number of rotatable bonds is 3. The third kappa shape index (κ3) is 3.67. The molecule has 4 nitrogen and oxygen atoms in total. The molecule has 1 heterocycles. The molecule has 0 aliphatic heterocycles. The first-order valence-corrected chi connectivity index (χ1v) is 7.65. The van der Waals surface area contributed by atoms with Crippen LogP contribution in [0.2, 0.25) is 10.0 Å². The number of nitrogens with zero attached hydrogens (tertiary/aromatic N) is 2. The van der Waals surface area contributed by atoms with Crippen molar-refractivity contribution in [3.8, 4) is 0 Å². The predicted octanol–water partition coefficient (Wildman–Crippen LogP) is 4.64. The highest BCUT2D eigenvalue weighted by Crippen LogP contribution is 2.26. The largest absolute Gasteiger partial charge is 0.331 e. The molecule has 0 fully saturated rings. The molecule has 0 bridgehead atoms. The van der Waals surface area contributed by atoms with Crippen LogP contribution in [0.3, 0.4) is 0 Å². The van der Waals surface area contributed by atoms with Crippen LogP contribution in [0.25, 0.3) is 0 Å². The van der Waals surface area contributed by atoms with E-state index in [4.69, 9.17) is 35.4 Å². The lowest BCUT2D eigenvalue weighted by atomic mass is 10.3. The van der Waals surface area contributed by atoms with Crippen LogP contribution in [0.1, 0.15) is 18.3 Å². The maximum atomic E-state index is 6.11. The van der Waals surface area contributed by atoms with Crippen molar-refractivity contribution < 1.29 is 0 Å². The molecule has 2 N–H and O–H groups in total. The number of hydrogen-bond donors (Lipinski definition) is 2. The van der Waals surface area contributed by atoms with Gasteiger partial charge in [0.15, 0.2) is 5.11 Å². The molecule has 0 saturated carbocycles. The van der Waals surface area contributed by atoms with E-state index in [0.29, 0.717) is 20.8 Å². The zero-order valence-corrected chi connectivity index (χ0v) is 14.3. The van der Waals surface area contributed by atoms with E-state index in [9.17, 15) is 0 Å². The van der Waals surface area contributed by atoms with E-state index >= 15 is 0 Å². The lowest BCUT2D eigenvalue weighted by Crippen LogP contribution is -2.20. The van der Waals surface area contributed by atoms with Crippen molar-refractivity contribution in [1.82, 2.24) is 9.78 Å². The maximum absolute atomic E-state index is 6.11. The molecular weight excluding hydrogens is 327 g/mol. The molecule has 0 saturated heterocycles. The number of halogens is 2. The highest BCUT2D eigenvalue weighted by atomic mass is 35.5. The number of thiocarbonyl (C=S) groups is 1. The van der Waals surface area contributed by atoms with E-state index in [1.165, 1.54) is 0 Å². The normalized spacial score (nSPS) is 10.5. The van der Waals surface area contributed by atoms with Gasteiger partial charge in [0, 0.05) is 11.6 Å². The van der Waals surface area contributed by atoms with Crippen LogP contribution in [-0.2, 0) is 6.54 Å². The molecule has 21 heavy (non-hydrogen) atoms. The quantitative estimate of drug-likeness (QED) is 0.797. The van der Waals surface area contributed by atoms with Crippen LogP contribution in [0.15, 0.2) is 18.2 Å². The van der Waals surface area contributed by atoms with Gasteiger partial charge in [-0.05, 0) is 51.2 Å². The van der Waals surface area contributed by atoms with Gasteiger partial charge < -0.3 is 10.6 Å². The number of aromatic nitrogens is 2. The Kier molecular flexibility index (Phi) is 5.08. The number of nitrogens with one attached hydrogen (secondary N) is 2. The van der Waals surface area contributed by atoms with Crippen molar-refractivity contribution in [1.29, 1.82) is 0 Å². The molecule has 0 unspecified atom stereocenters. The van der Waals surface area contributed by atoms with Gasteiger partial charge in [-0.2, -0.15) is 5.10 Å². The third-order valence-electron chi connectivity index (χ3n) is 3.10. The summed E-state index contributed by atoms with van der Waals surface area (Å²) in [4.78, 5) is 0. The van der Waals surface area contributed by atoms with Crippen molar-refractivity contribution in [2.24, 2.45) is 0 Å². The van der Waals surface area contributed by atoms with Crippen molar-refractivity contribution in [3.05, 3.63) is 39.6 Å². The topological polar surface area (TPSA) is 41.9 Å². The smallest absolute Gasteiger partial charge is 0.175 e. The minimum atomic E-state index is 0.459. The number of aryl methyl sites for hydroxylation is 2. The Morgan fingerprint density at radius 1 is 1.29 bits per heavy atom. The van der Waals surface area contributed by atoms with E-state index in [1.807, 2.05) is 25.5 Å². The fraction of sp³-hybridized carbons (Fsp3) is 0.286. The summed E-state index contributed by atoms with van der Waals surface area (Å²) in [6, 6.07) is 5.21. The lowest BCUT2D eigenvalue weighted by molar-refractivity contribution is 0.634. The molecule has 0 atom stereocenters. The van der Waals surface area contributed by atoms with E-state index < -0.39 is 0 Å². The maximum Gasteiger partial charge on any atom is 0.175 e. The van der Waals surface area contributed by atoms with Crippen LogP contribution in [0, 0.1) is 13.8 Å². The van der Waals surface area contributed by atoms with Gasteiger partial charge in [-0.1, -0.05) is 23.2 Å². The van der Waals surface area contributed by atoms with Gasteiger partial charge in [-0.25, -0.2) is 0 Å². The minimum absolute atomic E-state index is 0.459. The summed E-state index contributed by atoms with van der Waals surface area (Å²) in [6.07, 6.45) is 0. The first-order valence-electron chi connectivity index (χ1n) is 6.49. The first-order chi connectivity index (χ1) is 9.92. The fourth-order valence-electron chi connectivity index (χ4n) is 2.04. The fourth-order valence-corrected chi connectivity index (χ4v) is 2.71. The van der Waals surface area contributed by atoms with Crippen molar-refractivity contribution in [2.45, 2.75) is 27.3 Å². The molecule has 112 valence electrons. The Hall–Kier alpha value is -1.30. The summed E-state index contributed by atoms with van der Waals surface area (Å²) in [5.41, 5.74) is 3.57. The van der Waals surface area contributed by atoms with Crippen molar-refractivity contribution in [2.75, 3.05) is 10.6 Å². The van der Waals surface area contributed by atoms with Crippen LogP contribution in [0.4, 0.5) is 11.4 Å². The summed E-state index contributed by atoms with van der Waals surface area (Å²) in [5.74, 6) is 0. The van der Waals surface area contributed by atoms with Gasteiger partial charge >= 0.3 is 0 Å². The SMILES string of the molecule is CCn1nc(C)c(NC(=S)Nc2ccc(Cl)cc2Cl)c1C. The molecule has 1 aromatic carbocycles. The van der Waals surface area contributed by atoms with E-state index in [-0.39, 0.29) is 0 Å². The molecule has 0 aliphatic carbocycles. The van der Waals surface area contributed by atoms with Gasteiger partial charge in [0.25, 0.3) is 0 Å². The molecule has 0 radical (unpaired) electrons. The second-order valence-electron chi connectivity index (χ2n) is 4.56. The van der Waals surface area contributed by atoms with E-state index in [1.54, 1.807) is 18.2 Å². The average molecular weight is 343 g/mol. The van der Waals surface area contributed by atoms with E-state index in [0.717, 1.165) is 23.6 Å². The zero-order valence-electron chi connectivity index (χ0n) is 12.0. The Morgan fingerprint density at radius 3 is 2.57 bits per heavy atom. The molecule has 2 aromatic rings. The summed E-state index contributed by atoms with van der Waals surface area (Å²) in [6.45, 7) is 6.81. The monoisotopic (exact) mass is 342 g/mol. The molecule has 7 heteroatoms.